The molecule has 6 nitrogen and oxygen atoms in total. The Hall–Kier alpha value is -3.22. The van der Waals surface area contributed by atoms with Gasteiger partial charge in [-0.25, -0.2) is 4.98 Å². The lowest BCUT2D eigenvalue weighted by Gasteiger charge is -2.32. The first-order valence-electron chi connectivity index (χ1n) is 10.6. The van der Waals surface area contributed by atoms with Gasteiger partial charge < -0.3 is 10.4 Å². The van der Waals surface area contributed by atoms with Crippen molar-refractivity contribution in [1.29, 1.82) is 0 Å². The van der Waals surface area contributed by atoms with Gasteiger partial charge in [0.05, 0.1) is 10.6 Å². The number of carboxylic acids is 1. The Morgan fingerprint density at radius 3 is 2.59 bits per heavy atom. The van der Waals surface area contributed by atoms with Crippen LogP contribution in [-0.2, 0) is 11.3 Å². The second-order valence-corrected chi connectivity index (χ2v) is 8.24. The van der Waals surface area contributed by atoms with Crippen molar-refractivity contribution >= 4 is 29.3 Å². The number of hydrogen-bond donors (Lipinski definition) is 2. The molecule has 2 heterocycles. The number of halogens is 1. The maximum absolute atomic E-state index is 12.8. The number of rotatable bonds is 6. The third kappa shape index (κ3) is 4.98. The first-order chi connectivity index (χ1) is 15.5. The fraction of sp³-hybridized carbons (Fsp3) is 0.240. The maximum atomic E-state index is 12.8. The molecule has 0 aliphatic carbocycles. The number of aromatic nitrogens is 1. The number of benzene rings is 2. The Labute approximate surface area is 191 Å². The molecule has 1 aliphatic rings. The summed E-state index contributed by atoms with van der Waals surface area (Å²) >= 11 is 6.54. The Kier molecular flexibility index (Phi) is 6.83. The summed E-state index contributed by atoms with van der Waals surface area (Å²) < 4.78 is 0. The van der Waals surface area contributed by atoms with Gasteiger partial charge in [-0.3, -0.25) is 14.5 Å². The zero-order valence-electron chi connectivity index (χ0n) is 17.5. The third-order valence-corrected chi connectivity index (χ3v) is 6.09. The van der Waals surface area contributed by atoms with Crippen LogP contribution in [0.5, 0.6) is 0 Å². The zero-order valence-corrected chi connectivity index (χ0v) is 18.3. The van der Waals surface area contributed by atoms with Crippen molar-refractivity contribution in [1.82, 2.24) is 9.88 Å². The van der Waals surface area contributed by atoms with Crippen LogP contribution in [0.25, 0.3) is 11.1 Å². The maximum Gasteiger partial charge on any atom is 0.320 e. The number of carbonyl (C=O) groups excluding carboxylic acids is 1. The van der Waals surface area contributed by atoms with Gasteiger partial charge in [0.1, 0.15) is 11.9 Å². The van der Waals surface area contributed by atoms with Crippen LogP contribution in [0.1, 0.15) is 35.2 Å². The minimum absolute atomic E-state index is 0.338. The van der Waals surface area contributed by atoms with E-state index < -0.39 is 12.0 Å². The molecule has 0 bridgehead atoms. The number of amides is 1. The number of carboxylic acid groups (broad SMARTS) is 1. The lowest BCUT2D eigenvalue weighted by atomic mass is 10.0. The van der Waals surface area contributed by atoms with Crippen molar-refractivity contribution in [2.75, 3.05) is 11.9 Å². The average Bonchev–Trinajstić information content (AvgIpc) is 2.81. The number of anilines is 1. The number of piperidine rings is 1. The molecule has 2 N–H and O–H groups in total. The topological polar surface area (TPSA) is 82.5 Å². The van der Waals surface area contributed by atoms with E-state index in [-0.39, 0.29) is 5.91 Å². The fourth-order valence-electron chi connectivity index (χ4n) is 4.02. The third-order valence-electron chi connectivity index (χ3n) is 5.68. The van der Waals surface area contributed by atoms with E-state index in [1.807, 2.05) is 47.4 Å². The smallest absolute Gasteiger partial charge is 0.320 e. The minimum Gasteiger partial charge on any atom is -0.480 e. The van der Waals surface area contributed by atoms with E-state index in [0.29, 0.717) is 29.4 Å². The molecule has 3 aromatic rings. The van der Waals surface area contributed by atoms with Gasteiger partial charge in [0.25, 0.3) is 5.91 Å². The standard InChI is InChI=1S/C25H24ClN3O3/c26-23-19(18-7-2-1-3-8-18)9-6-10-20(23)24(30)28-22-13-12-17(15-27-22)16-29-14-5-4-11-21(29)25(31)32/h1-3,6-10,12-13,15,21H,4-5,11,14,16H2,(H,31,32)(H,27,28,30). The van der Waals surface area contributed by atoms with E-state index in [2.05, 4.69) is 10.3 Å². The summed E-state index contributed by atoms with van der Waals surface area (Å²) in [6.07, 6.45) is 4.27. The molecule has 0 radical (unpaired) electrons. The summed E-state index contributed by atoms with van der Waals surface area (Å²) in [5.74, 6) is -0.709. The SMILES string of the molecule is O=C(Nc1ccc(CN2CCCCC2C(=O)O)cn1)c1cccc(-c2ccccc2)c1Cl. The molecular weight excluding hydrogens is 426 g/mol. The van der Waals surface area contributed by atoms with Crippen LogP contribution in [0.15, 0.2) is 66.9 Å². The van der Waals surface area contributed by atoms with E-state index in [4.69, 9.17) is 11.6 Å². The van der Waals surface area contributed by atoms with E-state index in [9.17, 15) is 14.7 Å². The number of carbonyl (C=O) groups is 2. The highest BCUT2D eigenvalue weighted by Gasteiger charge is 2.28. The minimum atomic E-state index is -0.781. The fourth-order valence-corrected chi connectivity index (χ4v) is 4.34. The second-order valence-electron chi connectivity index (χ2n) is 7.86. The number of nitrogens with one attached hydrogen (secondary N) is 1. The number of hydrogen-bond acceptors (Lipinski definition) is 4. The summed E-state index contributed by atoms with van der Waals surface area (Å²) in [5.41, 5.74) is 3.00. The summed E-state index contributed by atoms with van der Waals surface area (Å²) in [5, 5.41) is 12.6. The van der Waals surface area contributed by atoms with Crippen LogP contribution >= 0.6 is 11.6 Å². The highest BCUT2D eigenvalue weighted by molar-refractivity contribution is 6.37. The predicted octanol–water partition coefficient (Wildman–Crippen LogP) is 5.09. The summed E-state index contributed by atoms with van der Waals surface area (Å²) in [6.45, 7) is 1.27. The number of nitrogens with zero attached hydrogens (tertiary/aromatic N) is 2. The van der Waals surface area contributed by atoms with Gasteiger partial charge in [0.15, 0.2) is 0 Å². The molecule has 1 atom stereocenters. The quantitative estimate of drug-likeness (QED) is 0.547. The predicted molar refractivity (Wildman–Crippen MR) is 125 cm³/mol. The molecule has 7 heteroatoms. The molecule has 164 valence electrons. The highest BCUT2D eigenvalue weighted by Crippen LogP contribution is 2.31. The van der Waals surface area contributed by atoms with Crippen LogP contribution in [0.3, 0.4) is 0 Å². The average molecular weight is 450 g/mol. The molecule has 4 rings (SSSR count). The van der Waals surface area contributed by atoms with Gasteiger partial charge in [-0.15, -0.1) is 0 Å². The molecule has 1 fully saturated rings. The molecule has 1 saturated heterocycles. The molecule has 1 aliphatic heterocycles. The van der Waals surface area contributed by atoms with E-state index in [0.717, 1.165) is 36.1 Å². The first kappa shape index (κ1) is 22.0. The molecule has 1 aromatic heterocycles. The van der Waals surface area contributed by atoms with Gasteiger partial charge >= 0.3 is 5.97 Å². The van der Waals surface area contributed by atoms with Gasteiger partial charge in [0.2, 0.25) is 0 Å². The Morgan fingerprint density at radius 1 is 1.06 bits per heavy atom. The van der Waals surface area contributed by atoms with Crippen molar-refractivity contribution < 1.29 is 14.7 Å². The van der Waals surface area contributed by atoms with Crippen LogP contribution in [0.2, 0.25) is 5.02 Å². The van der Waals surface area contributed by atoms with E-state index >= 15 is 0 Å². The number of pyridine rings is 1. The molecule has 1 amide bonds. The number of aliphatic carboxylic acids is 1. The van der Waals surface area contributed by atoms with Gasteiger partial charge in [-0.05, 0) is 42.6 Å². The number of likely N-dealkylation sites (tertiary alicyclic amines) is 1. The molecule has 1 unspecified atom stereocenters. The Bertz CT molecular complexity index is 1100. The van der Waals surface area contributed by atoms with Crippen molar-refractivity contribution in [2.24, 2.45) is 0 Å². The largest absolute Gasteiger partial charge is 0.480 e. The van der Waals surface area contributed by atoms with Crippen molar-refractivity contribution in [3.8, 4) is 11.1 Å². The van der Waals surface area contributed by atoms with Crippen LogP contribution in [0.4, 0.5) is 5.82 Å². The normalized spacial score (nSPS) is 16.5. The Morgan fingerprint density at radius 2 is 1.88 bits per heavy atom. The van der Waals surface area contributed by atoms with Crippen LogP contribution in [0, 0.1) is 0 Å². The van der Waals surface area contributed by atoms with Crippen molar-refractivity contribution in [3.63, 3.8) is 0 Å². The van der Waals surface area contributed by atoms with E-state index in [1.165, 1.54) is 0 Å². The monoisotopic (exact) mass is 449 g/mol. The van der Waals surface area contributed by atoms with Crippen molar-refractivity contribution in [2.45, 2.75) is 31.8 Å². The summed E-state index contributed by atoms with van der Waals surface area (Å²) in [7, 11) is 0. The second kappa shape index (κ2) is 9.94. The Balaban J connectivity index is 1.45. The lowest BCUT2D eigenvalue weighted by Crippen LogP contribution is -2.44. The first-order valence-corrected chi connectivity index (χ1v) is 11.0. The van der Waals surface area contributed by atoms with Crippen LogP contribution < -0.4 is 5.32 Å². The van der Waals surface area contributed by atoms with Gasteiger partial charge in [-0.2, -0.15) is 0 Å². The van der Waals surface area contributed by atoms with E-state index in [1.54, 1.807) is 24.4 Å². The lowest BCUT2D eigenvalue weighted by molar-refractivity contribution is -0.144. The van der Waals surface area contributed by atoms with Crippen molar-refractivity contribution in [3.05, 3.63) is 83.0 Å². The molecule has 0 saturated carbocycles. The zero-order chi connectivity index (χ0) is 22.5. The summed E-state index contributed by atoms with van der Waals surface area (Å²) in [4.78, 5) is 30.6. The molecule has 32 heavy (non-hydrogen) atoms. The summed E-state index contributed by atoms with van der Waals surface area (Å²) in [6, 6.07) is 18.2. The van der Waals surface area contributed by atoms with Gasteiger partial charge in [0, 0.05) is 18.3 Å². The molecular formula is C25H24ClN3O3. The van der Waals surface area contributed by atoms with Crippen LogP contribution in [-0.4, -0.2) is 39.5 Å². The highest BCUT2D eigenvalue weighted by atomic mass is 35.5. The molecule has 2 aromatic carbocycles. The molecule has 0 spiro atoms. The van der Waals surface area contributed by atoms with Gasteiger partial charge in [-0.1, -0.05) is 66.6 Å².